The van der Waals surface area contributed by atoms with Gasteiger partial charge in [-0.3, -0.25) is 4.98 Å². The Labute approximate surface area is 122 Å². The predicted molar refractivity (Wildman–Crippen MR) is 79.5 cm³/mol. The quantitative estimate of drug-likeness (QED) is 0.858. The third-order valence-electron chi connectivity index (χ3n) is 2.42. The Morgan fingerprint density at radius 2 is 2.18 bits per heavy atom. The van der Waals surface area contributed by atoms with Crippen LogP contribution in [0.5, 0.6) is 0 Å². The monoisotopic (exact) mass is 374 g/mol. The minimum atomic E-state index is 0.121. The molecule has 1 unspecified atom stereocenters. The average Bonchev–Trinajstić information content (AvgIpc) is 2.74. The molecule has 90 valence electrons. The van der Waals surface area contributed by atoms with Crippen molar-refractivity contribution >= 4 is 43.2 Å². The summed E-state index contributed by atoms with van der Waals surface area (Å²) in [6.07, 6.45) is 1.82. The van der Waals surface area contributed by atoms with Gasteiger partial charge in [-0.05, 0) is 55.9 Å². The van der Waals surface area contributed by atoms with Crippen LogP contribution in [0.2, 0.25) is 0 Å². The second kappa shape index (κ2) is 6.09. The molecule has 5 heteroatoms. The molecule has 0 saturated carbocycles. The summed E-state index contributed by atoms with van der Waals surface area (Å²) >= 11 is 8.84. The van der Waals surface area contributed by atoms with Gasteiger partial charge >= 0.3 is 0 Å². The van der Waals surface area contributed by atoms with Gasteiger partial charge in [0.25, 0.3) is 0 Å². The predicted octanol–water partition coefficient (Wildman–Crippen LogP) is 4.37. The maximum absolute atomic E-state index is 4.47. The Balaban J connectivity index is 2.43. The van der Waals surface area contributed by atoms with Crippen LogP contribution in [0.1, 0.15) is 24.2 Å². The van der Waals surface area contributed by atoms with Crippen molar-refractivity contribution < 1.29 is 0 Å². The number of nitrogens with one attached hydrogen (secondary N) is 1. The lowest BCUT2D eigenvalue weighted by Gasteiger charge is -2.18. The van der Waals surface area contributed by atoms with Gasteiger partial charge in [-0.2, -0.15) is 11.3 Å². The van der Waals surface area contributed by atoms with Gasteiger partial charge in [-0.15, -0.1) is 0 Å². The van der Waals surface area contributed by atoms with E-state index in [2.05, 4.69) is 59.8 Å². The summed E-state index contributed by atoms with van der Waals surface area (Å²) in [7, 11) is 0. The topological polar surface area (TPSA) is 24.9 Å². The zero-order valence-electron chi connectivity index (χ0n) is 9.28. The summed E-state index contributed by atoms with van der Waals surface area (Å²) < 4.78 is 2.16. The summed E-state index contributed by atoms with van der Waals surface area (Å²) in [6, 6.07) is 4.07. The van der Waals surface area contributed by atoms with Crippen LogP contribution >= 0.6 is 43.2 Å². The highest BCUT2D eigenvalue weighted by Gasteiger charge is 2.19. The number of thiophene rings is 1. The molecule has 0 bridgehead atoms. The van der Waals surface area contributed by atoms with E-state index in [0.29, 0.717) is 0 Å². The molecule has 0 radical (unpaired) electrons. The van der Waals surface area contributed by atoms with Crippen molar-refractivity contribution in [3.8, 4) is 0 Å². The lowest BCUT2D eigenvalue weighted by molar-refractivity contribution is 0.613. The first-order valence-electron chi connectivity index (χ1n) is 5.29. The molecule has 0 aliphatic heterocycles. The first kappa shape index (κ1) is 13.2. The van der Waals surface area contributed by atoms with E-state index < -0.39 is 0 Å². The van der Waals surface area contributed by atoms with Crippen molar-refractivity contribution in [2.24, 2.45) is 0 Å². The number of halogens is 2. The Bertz CT molecular complexity index is 499. The SMILES string of the molecule is CCNC(c1cscc1Br)c1ncccc1Br. The fourth-order valence-electron chi connectivity index (χ4n) is 1.67. The van der Waals surface area contributed by atoms with Crippen molar-refractivity contribution in [2.45, 2.75) is 13.0 Å². The Morgan fingerprint density at radius 1 is 1.35 bits per heavy atom. The first-order chi connectivity index (χ1) is 8.24. The molecule has 0 amide bonds. The van der Waals surface area contributed by atoms with Gasteiger partial charge in [0.1, 0.15) is 0 Å². The van der Waals surface area contributed by atoms with E-state index in [1.165, 1.54) is 5.56 Å². The summed E-state index contributed by atoms with van der Waals surface area (Å²) in [4.78, 5) is 4.47. The van der Waals surface area contributed by atoms with Crippen LogP contribution < -0.4 is 5.32 Å². The molecule has 0 fully saturated rings. The molecule has 2 nitrogen and oxygen atoms in total. The van der Waals surface area contributed by atoms with Crippen molar-refractivity contribution in [3.63, 3.8) is 0 Å². The van der Waals surface area contributed by atoms with Crippen molar-refractivity contribution in [3.05, 3.63) is 49.3 Å². The number of hydrogen-bond donors (Lipinski definition) is 1. The molecule has 17 heavy (non-hydrogen) atoms. The minimum Gasteiger partial charge on any atom is -0.305 e. The van der Waals surface area contributed by atoms with Gasteiger partial charge in [-0.1, -0.05) is 6.92 Å². The molecular formula is C12H12Br2N2S. The van der Waals surface area contributed by atoms with E-state index >= 15 is 0 Å². The molecule has 2 heterocycles. The van der Waals surface area contributed by atoms with Crippen molar-refractivity contribution in [1.29, 1.82) is 0 Å². The number of rotatable bonds is 4. The van der Waals surface area contributed by atoms with E-state index in [-0.39, 0.29) is 6.04 Å². The lowest BCUT2D eigenvalue weighted by atomic mass is 10.1. The van der Waals surface area contributed by atoms with Crippen LogP contribution in [-0.2, 0) is 0 Å². The first-order valence-corrected chi connectivity index (χ1v) is 7.82. The highest BCUT2D eigenvalue weighted by Crippen LogP contribution is 2.33. The highest BCUT2D eigenvalue weighted by atomic mass is 79.9. The molecule has 0 aliphatic rings. The highest BCUT2D eigenvalue weighted by molar-refractivity contribution is 9.10. The molecule has 0 saturated heterocycles. The standard InChI is InChI=1S/C12H12Br2N2S/c1-2-15-11(8-6-17-7-10(8)14)12-9(13)4-3-5-16-12/h3-7,11,15H,2H2,1H3. The maximum Gasteiger partial charge on any atom is 0.0782 e. The van der Waals surface area contributed by atoms with Gasteiger partial charge < -0.3 is 5.32 Å². The molecule has 2 aromatic heterocycles. The van der Waals surface area contributed by atoms with E-state index in [0.717, 1.165) is 21.2 Å². The number of hydrogen-bond acceptors (Lipinski definition) is 3. The third kappa shape index (κ3) is 2.96. The normalized spacial score (nSPS) is 12.6. The van der Waals surface area contributed by atoms with Gasteiger partial charge in [0, 0.05) is 26.1 Å². The minimum absolute atomic E-state index is 0.121. The van der Waals surface area contributed by atoms with Crippen LogP contribution in [0.25, 0.3) is 0 Å². The van der Waals surface area contributed by atoms with Crippen LogP contribution in [0.3, 0.4) is 0 Å². The third-order valence-corrected chi connectivity index (χ3v) is 4.84. The molecule has 2 aromatic rings. The van der Waals surface area contributed by atoms with Crippen LogP contribution in [0.4, 0.5) is 0 Å². The lowest BCUT2D eigenvalue weighted by Crippen LogP contribution is -2.23. The average molecular weight is 376 g/mol. The van der Waals surface area contributed by atoms with E-state index in [9.17, 15) is 0 Å². The summed E-state index contributed by atoms with van der Waals surface area (Å²) in [5.74, 6) is 0. The molecule has 0 spiro atoms. The van der Waals surface area contributed by atoms with E-state index in [1.807, 2.05) is 18.3 Å². The van der Waals surface area contributed by atoms with Gasteiger partial charge in [0.05, 0.1) is 11.7 Å². The van der Waals surface area contributed by atoms with Crippen LogP contribution in [-0.4, -0.2) is 11.5 Å². The fraction of sp³-hybridized carbons (Fsp3) is 0.250. The van der Waals surface area contributed by atoms with Gasteiger partial charge in [-0.25, -0.2) is 0 Å². The smallest absolute Gasteiger partial charge is 0.0782 e. The van der Waals surface area contributed by atoms with Crippen LogP contribution in [0, 0.1) is 0 Å². The van der Waals surface area contributed by atoms with E-state index in [4.69, 9.17) is 0 Å². The molecule has 0 aliphatic carbocycles. The fourth-order valence-corrected chi connectivity index (χ4v) is 3.70. The Hall–Kier alpha value is -0.230. The molecule has 1 atom stereocenters. The van der Waals surface area contributed by atoms with Gasteiger partial charge in [0.2, 0.25) is 0 Å². The molecule has 1 N–H and O–H groups in total. The Kier molecular flexibility index (Phi) is 4.73. The van der Waals surface area contributed by atoms with Crippen molar-refractivity contribution in [2.75, 3.05) is 6.54 Å². The second-order valence-corrected chi connectivity index (χ2v) is 5.99. The van der Waals surface area contributed by atoms with Gasteiger partial charge in [0.15, 0.2) is 0 Å². The molecule has 0 aromatic carbocycles. The summed E-state index contributed by atoms with van der Waals surface area (Å²) in [6.45, 7) is 3.00. The summed E-state index contributed by atoms with van der Waals surface area (Å²) in [5.41, 5.74) is 2.25. The molecule has 2 rings (SSSR count). The molecular weight excluding hydrogens is 364 g/mol. The largest absolute Gasteiger partial charge is 0.305 e. The van der Waals surface area contributed by atoms with Crippen LogP contribution in [0.15, 0.2) is 38.0 Å². The summed E-state index contributed by atoms with van der Waals surface area (Å²) in [5, 5.41) is 7.71. The number of pyridine rings is 1. The number of aromatic nitrogens is 1. The second-order valence-electron chi connectivity index (χ2n) is 3.54. The zero-order chi connectivity index (χ0) is 12.3. The maximum atomic E-state index is 4.47. The van der Waals surface area contributed by atoms with E-state index in [1.54, 1.807) is 11.3 Å². The van der Waals surface area contributed by atoms with Crippen molar-refractivity contribution in [1.82, 2.24) is 10.3 Å². The Morgan fingerprint density at radius 3 is 2.76 bits per heavy atom. The zero-order valence-corrected chi connectivity index (χ0v) is 13.3. The number of nitrogens with zero attached hydrogens (tertiary/aromatic N) is 1.